The molecule has 0 heterocycles. The summed E-state index contributed by atoms with van der Waals surface area (Å²) in [7, 11) is 0.0745. The first-order chi connectivity index (χ1) is 15.2. The Labute approximate surface area is 188 Å². The van der Waals surface area contributed by atoms with Crippen molar-refractivity contribution in [3.8, 4) is 0 Å². The molecule has 0 aliphatic heterocycles. The summed E-state index contributed by atoms with van der Waals surface area (Å²) >= 11 is 0. The molecule has 0 unspecified atom stereocenters. The molecule has 3 rings (SSSR count). The average Bonchev–Trinajstić information content (AvgIpc) is 2.86. The van der Waals surface area contributed by atoms with Crippen LogP contribution in [-0.2, 0) is 13.3 Å². The molecule has 31 heavy (non-hydrogen) atoms. The van der Waals surface area contributed by atoms with Crippen molar-refractivity contribution >= 4 is 38.5 Å². The Morgan fingerprint density at radius 3 is 1.65 bits per heavy atom. The van der Waals surface area contributed by atoms with Gasteiger partial charge in [-0.1, -0.05) is 104 Å². The first kappa shape index (κ1) is 23.4. The molecule has 0 bridgehead atoms. The van der Waals surface area contributed by atoms with E-state index in [1.807, 2.05) is 6.08 Å². The zero-order valence-electron chi connectivity index (χ0n) is 18.7. The van der Waals surface area contributed by atoms with Crippen LogP contribution in [-0.4, -0.2) is 38.2 Å². The number of rotatable bonds is 11. The van der Waals surface area contributed by atoms with Crippen LogP contribution in [0.4, 0.5) is 0 Å². The van der Waals surface area contributed by atoms with Gasteiger partial charge in [0.15, 0.2) is 0 Å². The molecule has 3 aromatic carbocycles. The fourth-order valence-corrected chi connectivity index (χ4v) is 11.7. The highest BCUT2D eigenvalue weighted by atomic mass is 28.4. The fraction of sp³-hybridized carbons (Fsp3) is 0.231. The van der Waals surface area contributed by atoms with Crippen LogP contribution >= 0.6 is 0 Å². The maximum Gasteiger partial charge on any atom is 0.500 e. The van der Waals surface area contributed by atoms with Gasteiger partial charge < -0.3 is 13.3 Å². The monoisotopic (exact) mass is 448 g/mol. The highest BCUT2D eigenvalue weighted by molar-refractivity contribution is 7.11. The Morgan fingerprint density at radius 2 is 1.16 bits per heavy atom. The first-order valence-corrected chi connectivity index (χ1v) is 14.8. The van der Waals surface area contributed by atoms with Gasteiger partial charge in [-0.25, -0.2) is 0 Å². The Balaban J connectivity index is 2.17. The van der Waals surface area contributed by atoms with Gasteiger partial charge in [0.1, 0.15) is 8.07 Å². The molecule has 0 spiro atoms. The smallest absolute Gasteiger partial charge is 0.377 e. The average molecular weight is 449 g/mol. The standard InChI is InChI=1S/C26H32O3Si2/c1-5-23-15-12-13-20-26(23)30(24-16-8-6-9-17-24,25-18-10-7-11-19-25)21-14-22-31(27-2,28-3)29-4/h5-13,15-20H,1,14,21-22H2,2-4H3. The third-order valence-electron chi connectivity index (χ3n) is 6.14. The third kappa shape index (κ3) is 4.81. The van der Waals surface area contributed by atoms with Gasteiger partial charge in [-0.3, -0.25) is 0 Å². The van der Waals surface area contributed by atoms with Crippen LogP contribution in [0, 0.1) is 0 Å². The summed E-state index contributed by atoms with van der Waals surface area (Å²) in [6.45, 7) is 4.12. The van der Waals surface area contributed by atoms with Gasteiger partial charge in [-0.2, -0.15) is 0 Å². The Kier molecular flexibility index (Phi) is 8.17. The van der Waals surface area contributed by atoms with Crippen LogP contribution in [0.15, 0.2) is 91.5 Å². The minimum Gasteiger partial charge on any atom is -0.377 e. The Hall–Kier alpha value is -2.29. The van der Waals surface area contributed by atoms with E-state index >= 15 is 0 Å². The lowest BCUT2D eigenvalue weighted by Gasteiger charge is -2.36. The van der Waals surface area contributed by atoms with Crippen molar-refractivity contribution < 1.29 is 13.3 Å². The summed E-state index contributed by atoms with van der Waals surface area (Å²) < 4.78 is 17.1. The van der Waals surface area contributed by atoms with Crippen molar-refractivity contribution in [1.29, 1.82) is 0 Å². The van der Waals surface area contributed by atoms with Crippen molar-refractivity contribution in [3.05, 3.63) is 97.1 Å². The SMILES string of the molecule is C=Cc1ccccc1[Si](CCC[Si](OC)(OC)OC)(c1ccccc1)c1ccccc1. The van der Waals surface area contributed by atoms with Crippen molar-refractivity contribution in [3.63, 3.8) is 0 Å². The van der Waals surface area contributed by atoms with E-state index in [1.165, 1.54) is 21.1 Å². The van der Waals surface area contributed by atoms with Gasteiger partial charge in [0.2, 0.25) is 0 Å². The van der Waals surface area contributed by atoms with Crippen molar-refractivity contribution in [2.45, 2.75) is 18.5 Å². The van der Waals surface area contributed by atoms with Gasteiger partial charge >= 0.3 is 8.80 Å². The molecule has 0 atom stereocenters. The van der Waals surface area contributed by atoms with Crippen LogP contribution in [0.2, 0.25) is 12.1 Å². The third-order valence-corrected chi connectivity index (χ3v) is 14.1. The van der Waals surface area contributed by atoms with Crippen LogP contribution in [0.5, 0.6) is 0 Å². The first-order valence-electron chi connectivity index (χ1n) is 10.6. The lowest BCUT2D eigenvalue weighted by molar-refractivity contribution is 0.123. The van der Waals surface area contributed by atoms with Crippen LogP contribution < -0.4 is 15.6 Å². The van der Waals surface area contributed by atoms with Crippen molar-refractivity contribution in [2.24, 2.45) is 0 Å². The van der Waals surface area contributed by atoms with E-state index in [2.05, 4.69) is 91.5 Å². The molecule has 3 aromatic rings. The van der Waals surface area contributed by atoms with E-state index in [0.717, 1.165) is 18.5 Å². The quantitative estimate of drug-likeness (QED) is 0.327. The van der Waals surface area contributed by atoms with Crippen molar-refractivity contribution in [2.75, 3.05) is 21.3 Å². The van der Waals surface area contributed by atoms with Crippen LogP contribution in [0.1, 0.15) is 12.0 Å². The van der Waals surface area contributed by atoms with E-state index in [0.29, 0.717) is 0 Å². The second-order valence-corrected chi connectivity index (χ2v) is 14.7. The van der Waals surface area contributed by atoms with Crippen LogP contribution in [0.25, 0.3) is 6.08 Å². The number of hydrogen-bond acceptors (Lipinski definition) is 3. The van der Waals surface area contributed by atoms with Gasteiger partial charge in [0, 0.05) is 27.4 Å². The van der Waals surface area contributed by atoms with Crippen LogP contribution in [0.3, 0.4) is 0 Å². The fourth-order valence-electron chi connectivity index (χ4n) is 4.54. The lowest BCUT2D eigenvalue weighted by atomic mass is 10.2. The molecule has 0 aliphatic carbocycles. The minimum absolute atomic E-state index is 0.779. The molecule has 5 heteroatoms. The zero-order chi connectivity index (χ0) is 22.2. The maximum absolute atomic E-state index is 5.71. The summed E-state index contributed by atoms with van der Waals surface area (Å²) in [6.07, 6.45) is 2.94. The summed E-state index contributed by atoms with van der Waals surface area (Å²) in [4.78, 5) is 0. The normalized spacial score (nSPS) is 12.0. The summed E-state index contributed by atoms with van der Waals surface area (Å²) in [5.74, 6) is 0. The highest BCUT2D eigenvalue weighted by Crippen LogP contribution is 2.23. The predicted octanol–water partition coefficient (Wildman–Crippen LogP) is 4.07. The molecule has 0 aliphatic rings. The molecule has 0 saturated heterocycles. The highest BCUT2D eigenvalue weighted by Gasteiger charge is 2.43. The topological polar surface area (TPSA) is 27.7 Å². The predicted molar refractivity (Wildman–Crippen MR) is 135 cm³/mol. The molecule has 162 valence electrons. The second-order valence-electron chi connectivity index (χ2n) is 7.58. The molecular formula is C26H32O3Si2. The molecule has 0 radical (unpaired) electrons. The molecule has 3 nitrogen and oxygen atoms in total. The van der Waals surface area contributed by atoms with E-state index in [4.69, 9.17) is 13.3 Å². The van der Waals surface area contributed by atoms with Crippen molar-refractivity contribution in [1.82, 2.24) is 0 Å². The minimum atomic E-state index is -2.64. The Bertz CT molecular complexity index is 909. The molecule has 0 saturated carbocycles. The Morgan fingerprint density at radius 1 is 0.677 bits per heavy atom. The lowest BCUT2D eigenvalue weighted by Crippen LogP contribution is -2.67. The zero-order valence-corrected chi connectivity index (χ0v) is 20.7. The van der Waals surface area contributed by atoms with E-state index in [1.54, 1.807) is 21.3 Å². The van der Waals surface area contributed by atoms with Gasteiger partial charge in [0.25, 0.3) is 0 Å². The summed E-state index contributed by atoms with van der Waals surface area (Å²) in [6, 6.07) is 32.4. The van der Waals surface area contributed by atoms with Gasteiger partial charge in [-0.15, -0.1) is 0 Å². The second kappa shape index (κ2) is 10.8. The molecular weight excluding hydrogens is 416 g/mol. The van der Waals surface area contributed by atoms with E-state index in [9.17, 15) is 0 Å². The van der Waals surface area contributed by atoms with E-state index < -0.39 is 16.9 Å². The number of benzene rings is 3. The maximum atomic E-state index is 5.71. The van der Waals surface area contributed by atoms with Gasteiger partial charge in [0.05, 0.1) is 0 Å². The summed E-state index contributed by atoms with van der Waals surface area (Å²) in [5, 5.41) is 4.19. The molecule has 0 amide bonds. The molecule has 0 fully saturated rings. The van der Waals surface area contributed by atoms with Gasteiger partial charge in [-0.05, 0) is 27.2 Å². The number of hydrogen-bond donors (Lipinski definition) is 0. The molecule has 0 N–H and O–H groups in total. The molecule has 0 aromatic heterocycles. The summed E-state index contributed by atoms with van der Waals surface area (Å²) in [5.41, 5.74) is 1.20. The largest absolute Gasteiger partial charge is 0.500 e. The van der Waals surface area contributed by atoms with E-state index in [-0.39, 0.29) is 0 Å².